The van der Waals surface area contributed by atoms with Crippen molar-refractivity contribution in [3.05, 3.63) is 155 Å². The molecule has 2 heteroatoms. The van der Waals surface area contributed by atoms with Crippen LogP contribution < -0.4 is 5.73 Å². The molecule has 0 radical (unpaired) electrons. The summed E-state index contributed by atoms with van der Waals surface area (Å²) in [6, 6.07) is 40.3. The van der Waals surface area contributed by atoms with Crippen molar-refractivity contribution in [2.45, 2.75) is 33.6 Å². The molecule has 0 aliphatic rings. The molecule has 0 spiro atoms. The molecule has 5 aromatic carbocycles. The van der Waals surface area contributed by atoms with Gasteiger partial charge in [-0.05, 0) is 63.9 Å². The van der Waals surface area contributed by atoms with Gasteiger partial charge < -0.3 is 5.73 Å². The van der Waals surface area contributed by atoms with Gasteiger partial charge >= 0.3 is 0 Å². The quantitative estimate of drug-likeness (QED) is 0.213. The van der Waals surface area contributed by atoms with E-state index in [0.717, 1.165) is 44.8 Å². The third kappa shape index (κ3) is 5.53. The van der Waals surface area contributed by atoms with Crippen LogP contribution in [0.1, 0.15) is 54.5 Å². The summed E-state index contributed by atoms with van der Waals surface area (Å²) < 4.78 is 0. The van der Waals surface area contributed by atoms with Crippen molar-refractivity contribution in [3.8, 4) is 11.1 Å². The van der Waals surface area contributed by atoms with Crippen LogP contribution in [0.25, 0.3) is 33.3 Å². The molecule has 0 aliphatic heterocycles. The van der Waals surface area contributed by atoms with E-state index < -0.39 is 0 Å². The van der Waals surface area contributed by atoms with Crippen LogP contribution in [0.2, 0.25) is 0 Å². The zero-order chi connectivity index (χ0) is 28.2. The van der Waals surface area contributed by atoms with Gasteiger partial charge in [0, 0.05) is 16.8 Å². The van der Waals surface area contributed by atoms with E-state index in [0.29, 0.717) is 11.6 Å². The number of hydrogen-bond acceptors (Lipinski definition) is 2. The summed E-state index contributed by atoms with van der Waals surface area (Å²) in [5.74, 6) is 0.473. The summed E-state index contributed by atoms with van der Waals surface area (Å²) in [4.78, 5) is 5.10. The maximum atomic E-state index is 6.80. The van der Waals surface area contributed by atoms with Gasteiger partial charge in [0.25, 0.3) is 0 Å². The third-order valence-corrected chi connectivity index (χ3v) is 7.61. The lowest BCUT2D eigenvalue weighted by molar-refractivity contribution is 0.866. The molecule has 0 unspecified atom stereocenters. The first-order valence-corrected chi connectivity index (χ1v) is 13.8. The number of aliphatic imine (C=N–C) groups is 1. The highest BCUT2D eigenvalue weighted by atomic mass is 14.8. The Morgan fingerprint density at radius 3 is 2.05 bits per heavy atom. The maximum Gasteiger partial charge on any atom is 0.0759 e. The number of rotatable bonds is 7. The van der Waals surface area contributed by atoms with Crippen LogP contribution in [0, 0.1) is 6.92 Å². The van der Waals surface area contributed by atoms with Gasteiger partial charge in [-0.3, -0.25) is 0 Å². The molecule has 0 saturated heterocycles. The van der Waals surface area contributed by atoms with Crippen LogP contribution in [0.3, 0.4) is 0 Å². The van der Waals surface area contributed by atoms with Crippen molar-refractivity contribution >= 4 is 27.9 Å². The van der Waals surface area contributed by atoms with E-state index in [1.807, 2.05) is 19.1 Å². The van der Waals surface area contributed by atoms with Gasteiger partial charge in [0.1, 0.15) is 0 Å². The topological polar surface area (TPSA) is 38.4 Å². The standard InChI is InChI=1S/C38H36N2/c1-25(2)29-17-19-30(20-18-29)28(5)40-38(27(4)37(39)34-14-8-6-11-26(34)3)33-23-21-32(22-24-33)36-16-10-13-31-12-7-9-15-35(31)36/h6-25H,5,39H2,1-4H3/b37-27-,40-38?. The maximum absolute atomic E-state index is 6.80. The van der Waals surface area contributed by atoms with Gasteiger partial charge in [-0.25, -0.2) is 4.99 Å². The van der Waals surface area contributed by atoms with Crippen molar-refractivity contribution in [3.63, 3.8) is 0 Å². The molecule has 2 nitrogen and oxygen atoms in total. The first-order valence-electron chi connectivity index (χ1n) is 13.8. The summed E-state index contributed by atoms with van der Waals surface area (Å²) in [6.45, 7) is 12.9. The van der Waals surface area contributed by atoms with Crippen molar-refractivity contribution in [2.24, 2.45) is 10.7 Å². The van der Waals surface area contributed by atoms with Crippen LogP contribution in [-0.4, -0.2) is 5.71 Å². The largest absolute Gasteiger partial charge is 0.398 e. The monoisotopic (exact) mass is 520 g/mol. The smallest absolute Gasteiger partial charge is 0.0759 e. The summed E-state index contributed by atoms with van der Waals surface area (Å²) in [5.41, 5.74) is 17.8. The number of aryl methyl sites for hydroxylation is 1. The predicted molar refractivity (Wildman–Crippen MR) is 173 cm³/mol. The second-order valence-electron chi connectivity index (χ2n) is 10.6. The highest BCUT2D eigenvalue weighted by molar-refractivity contribution is 6.17. The van der Waals surface area contributed by atoms with Crippen LogP contribution in [-0.2, 0) is 0 Å². The van der Waals surface area contributed by atoms with Gasteiger partial charge in [-0.15, -0.1) is 0 Å². The highest BCUT2D eigenvalue weighted by Crippen LogP contribution is 2.30. The van der Waals surface area contributed by atoms with Gasteiger partial charge in [0.15, 0.2) is 0 Å². The fraction of sp³-hybridized carbons (Fsp3) is 0.132. The normalized spacial score (nSPS) is 12.5. The molecule has 2 N–H and O–H groups in total. The lowest BCUT2D eigenvalue weighted by atomic mass is 9.94. The molecule has 5 rings (SSSR count). The zero-order valence-corrected chi connectivity index (χ0v) is 23.8. The highest BCUT2D eigenvalue weighted by Gasteiger charge is 2.15. The second-order valence-corrected chi connectivity index (χ2v) is 10.6. The average Bonchev–Trinajstić information content (AvgIpc) is 2.99. The second kappa shape index (κ2) is 11.6. The molecule has 0 fully saturated rings. The Morgan fingerprint density at radius 2 is 1.35 bits per heavy atom. The minimum atomic E-state index is 0.473. The first-order chi connectivity index (χ1) is 19.3. The first kappa shape index (κ1) is 26.9. The lowest BCUT2D eigenvalue weighted by Crippen LogP contribution is -2.11. The van der Waals surface area contributed by atoms with E-state index in [2.05, 4.69) is 130 Å². The van der Waals surface area contributed by atoms with E-state index in [9.17, 15) is 0 Å². The van der Waals surface area contributed by atoms with Crippen molar-refractivity contribution in [1.29, 1.82) is 0 Å². The third-order valence-electron chi connectivity index (χ3n) is 7.61. The molecule has 0 aliphatic carbocycles. The number of hydrogen-bond donors (Lipinski definition) is 1. The molecular formula is C38H36N2. The van der Waals surface area contributed by atoms with Gasteiger partial charge in [0.2, 0.25) is 0 Å². The van der Waals surface area contributed by atoms with E-state index in [1.54, 1.807) is 0 Å². The van der Waals surface area contributed by atoms with E-state index in [1.165, 1.54) is 21.9 Å². The summed E-state index contributed by atoms with van der Waals surface area (Å²) in [5, 5.41) is 2.47. The minimum absolute atomic E-state index is 0.473. The SMILES string of the molecule is C=C(N=C(/C(C)=C(\N)c1ccccc1C)c1ccc(-c2cccc3ccccc23)cc1)c1ccc(C(C)C)cc1. The number of fused-ring (bicyclic) bond motifs is 1. The number of benzene rings is 5. The van der Waals surface area contributed by atoms with Crippen molar-refractivity contribution in [1.82, 2.24) is 0 Å². The van der Waals surface area contributed by atoms with Crippen molar-refractivity contribution in [2.75, 3.05) is 0 Å². The van der Waals surface area contributed by atoms with Crippen LogP contribution in [0.15, 0.2) is 132 Å². The Kier molecular flexibility index (Phi) is 7.79. The fourth-order valence-electron chi connectivity index (χ4n) is 5.11. The molecule has 0 aromatic heterocycles. The van der Waals surface area contributed by atoms with E-state index in [4.69, 9.17) is 10.7 Å². The minimum Gasteiger partial charge on any atom is -0.398 e. The number of allylic oxidation sites excluding steroid dienone is 1. The molecular weight excluding hydrogens is 484 g/mol. The van der Waals surface area contributed by atoms with E-state index in [-0.39, 0.29) is 0 Å². The van der Waals surface area contributed by atoms with Crippen LogP contribution in [0.4, 0.5) is 0 Å². The summed E-state index contributed by atoms with van der Waals surface area (Å²) >= 11 is 0. The van der Waals surface area contributed by atoms with Gasteiger partial charge in [0.05, 0.1) is 11.4 Å². The lowest BCUT2D eigenvalue weighted by Gasteiger charge is -2.15. The Bertz CT molecular complexity index is 1730. The zero-order valence-electron chi connectivity index (χ0n) is 23.8. The van der Waals surface area contributed by atoms with Crippen LogP contribution in [0.5, 0.6) is 0 Å². The number of nitrogens with zero attached hydrogens (tertiary/aromatic N) is 1. The molecule has 198 valence electrons. The average molecular weight is 521 g/mol. The molecule has 5 aromatic rings. The molecule has 0 amide bonds. The molecule has 40 heavy (non-hydrogen) atoms. The molecule has 0 bridgehead atoms. The van der Waals surface area contributed by atoms with E-state index >= 15 is 0 Å². The van der Waals surface area contributed by atoms with Gasteiger partial charge in [-0.1, -0.05) is 136 Å². The predicted octanol–water partition coefficient (Wildman–Crippen LogP) is 9.79. The summed E-state index contributed by atoms with van der Waals surface area (Å²) in [6.07, 6.45) is 0. The van der Waals surface area contributed by atoms with Crippen LogP contribution >= 0.6 is 0 Å². The Hall–Kier alpha value is -4.69. The Balaban J connectivity index is 1.60. The van der Waals surface area contributed by atoms with Crippen molar-refractivity contribution < 1.29 is 0 Å². The van der Waals surface area contributed by atoms with Gasteiger partial charge in [-0.2, -0.15) is 0 Å². The molecule has 0 atom stereocenters. The molecule has 0 saturated carbocycles. The fourth-order valence-corrected chi connectivity index (χ4v) is 5.11. The number of nitrogens with two attached hydrogens (primary N) is 1. The summed E-state index contributed by atoms with van der Waals surface area (Å²) in [7, 11) is 0. The molecule has 0 heterocycles. The Morgan fingerprint density at radius 1 is 0.725 bits per heavy atom. The Labute approximate surface area is 238 Å².